The van der Waals surface area contributed by atoms with E-state index in [9.17, 15) is 8.42 Å². The number of hydrogen-bond donors (Lipinski definition) is 0. The van der Waals surface area contributed by atoms with Gasteiger partial charge in [-0.3, -0.25) is 4.98 Å². The van der Waals surface area contributed by atoms with Crippen LogP contribution in [0, 0.1) is 11.3 Å². The molecule has 3 rings (SSSR count). The first kappa shape index (κ1) is 21.0. The van der Waals surface area contributed by atoms with Crippen LogP contribution in [-0.4, -0.2) is 28.4 Å². The lowest BCUT2D eigenvalue weighted by molar-refractivity contribution is 0.590. The zero-order chi connectivity index (χ0) is 19.9. The van der Waals surface area contributed by atoms with Gasteiger partial charge in [0.25, 0.3) is 0 Å². The van der Waals surface area contributed by atoms with Gasteiger partial charge in [0.2, 0.25) is 9.84 Å². The molecule has 0 aliphatic rings. The Bertz CT molecular complexity index is 1040. The van der Waals surface area contributed by atoms with Crippen molar-refractivity contribution in [3.8, 4) is 6.07 Å². The molecule has 0 radical (unpaired) electrons. The van der Waals surface area contributed by atoms with Crippen LogP contribution in [0.5, 0.6) is 0 Å². The summed E-state index contributed by atoms with van der Waals surface area (Å²) in [5.41, 5.74) is -0.0597. The second-order valence-corrected chi connectivity index (χ2v) is 7.84. The number of benzene rings is 1. The largest absolute Gasteiger partial charge is 0.254 e. The van der Waals surface area contributed by atoms with Crippen LogP contribution >= 0.6 is 34.8 Å². The molecule has 1 atom stereocenters. The van der Waals surface area contributed by atoms with Crippen molar-refractivity contribution >= 4 is 44.6 Å². The van der Waals surface area contributed by atoms with Gasteiger partial charge in [-0.1, -0.05) is 53.0 Å². The van der Waals surface area contributed by atoms with Crippen LogP contribution in [0.15, 0.2) is 60.0 Å². The minimum absolute atomic E-state index is 0.0447. The van der Waals surface area contributed by atoms with Crippen molar-refractivity contribution in [3.05, 3.63) is 76.3 Å². The summed E-state index contributed by atoms with van der Waals surface area (Å²) in [7, 11) is -3.87. The molecule has 11 heteroatoms. The van der Waals surface area contributed by atoms with Crippen LogP contribution in [0.4, 0.5) is 0 Å². The van der Waals surface area contributed by atoms with E-state index in [1.54, 1.807) is 24.3 Å². The smallest absolute Gasteiger partial charge is 0.200 e. The van der Waals surface area contributed by atoms with E-state index < -0.39 is 15.1 Å². The van der Waals surface area contributed by atoms with Crippen LogP contribution in [-0.2, 0) is 9.84 Å². The van der Waals surface area contributed by atoms with Gasteiger partial charge in [0.15, 0.2) is 20.7 Å². The summed E-state index contributed by atoms with van der Waals surface area (Å²) in [6.07, 6.45) is 5.59. The fraction of sp³-hybridized carbons (Fsp3) is 0.0625. The molecule has 0 amide bonds. The second kappa shape index (κ2) is 9.58. The van der Waals surface area contributed by atoms with Crippen LogP contribution in [0.3, 0.4) is 0 Å². The van der Waals surface area contributed by atoms with Gasteiger partial charge in [-0.05, 0) is 12.1 Å². The number of nitriles is 1. The number of halogens is 3. The third-order valence-electron chi connectivity index (χ3n) is 3.04. The highest BCUT2D eigenvalue weighted by Crippen LogP contribution is 2.29. The molecule has 27 heavy (non-hydrogen) atoms. The number of rotatable bonds is 3. The van der Waals surface area contributed by atoms with Gasteiger partial charge in [0.05, 0.1) is 11.0 Å². The maximum absolute atomic E-state index is 12.4. The molecule has 0 aliphatic heterocycles. The predicted octanol–water partition coefficient (Wildman–Crippen LogP) is 3.95. The minimum atomic E-state index is -3.87. The molecule has 1 unspecified atom stereocenters. The Morgan fingerprint density at radius 2 is 1.30 bits per heavy atom. The van der Waals surface area contributed by atoms with E-state index in [0.29, 0.717) is 0 Å². The quantitative estimate of drug-likeness (QED) is 0.604. The van der Waals surface area contributed by atoms with Crippen LogP contribution < -0.4 is 0 Å². The average molecular weight is 443 g/mol. The Morgan fingerprint density at radius 1 is 0.815 bits per heavy atom. The van der Waals surface area contributed by atoms with Crippen molar-refractivity contribution in [3.63, 3.8) is 0 Å². The van der Waals surface area contributed by atoms with E-state index >= 15 is 0 Å². The topological polar surface area (TPSA) is 109 Å². The minimum Gasteiger partial charge on any atom is -0.254 e. The zero-order valence-corrected chi connectivity index (χ0v) is 16.5. The molecule has 0 saturated carbocycles. The first-order chi connectivity index (χ1) is 12.9. The van der Waals surface area contributed by atoms with Crippen molar-refractivity contribution in [2.75, 3.05) is 0 Å². The number of nitrogens with zero attached hydrogens (tertiary/aromatic N) is 5. The van der Waals surface area contributed by atoms with Crippen molar-refractivity contribution < 1.29 is 8.42 Å². The highest BCUT2D eigenvalue weighted by Gasteiger charge is 2.32. The molecule has 0 fully saturated rings. The predicted molar refractivity (Wildman–Crippen MR) is 101 cm³/mol. The van der Waals surface area contributed by atoms with Gasteiger partial charge in [0.1, 0.15) is 5.69 Å². The summed E-state index contributed by atoms with van der Waals surface area (Å²) in [6, 6.07) is 9.42. The third-order valence-corrected chi connectivity index (χ3v) is 5.86. The molecule has 0 saturated heterocycles. The fourth-order valence-electron chi connectivity index (χ4n) is 1.84. The van der Waals surface area contributed by atoms with Crippen molar-refractivity contribution in [2.24, 2.45) is 0 Å². The molecule has 0 bridgehead atoms. The summed E-state index contributed by atoms with van der Waals surface area (Å²) in [4.78, 5) is 14.9. The third kappa shape index (κ3) is 5.34. The summed E-state index contributed by atoms with van der Waals surface area (Å²) in [5, 5.41) is 8.07. The monoisotopic (exact) mass is 441 g/mol. The van der Waals surface area contributed by atoms with Gasteiger partial charge in [-0.25, -0.2) is 23.4 Å². The van der Waals surface area contributed by atoms with E-state index in [0.717, 1.165) is 0 Å². The van der Waals surface area contributed by atoms with E-state index in [2.05, 4.69) is 19.9 Å². The Balaban J connectivity index is 0.000000273. The molecule has 0 spiro atoms. The van der Waals surface area contributed by atoms with E-state index in [4.69, 9.17) is 40.1 Å². The van der Waals surface area contributed by atoms with Gasteiger partial charge < -0.3 is 0 Å². The second-order valence-electron chi connectivity index (χ2n) is 4.74. The molecular weight excluding hydrogens is 433 g/mol. The molecule has 0 N–H and O–H groups in total. The van der Waals surface area contributed by atoms with Gasteiger partial charge in [-0.15, -0.1) is 0 Å². The molecule has 0 aliphatic carbocycles. The highest BCUT2D eigenvalue weighted by atomic mass is 35.5. The number of sulfone groups is 1. The maximum atomic E-state index is 12.4. The van der Waals surface area contributed by atoms with Crippen LogP contribution in [0.2, 0.25) is 15.5 Å². The molecule has 2 aromatic heterocycles. The molecule has 138 valence electrons. The van der Waals surface area contributed by atoms with Crippen LogP contribution in [0.1, 0.15) is 10.9 Å². The fourth-order valence-corrected chi connectivity index (χ4v) is 3.74. The van der Waals surface area contributed by atoms with Crippen LogP contribution in [0.25, 0.3) is 0 Å². The summed E-state index contributed by atoms with van der Waals surface area (Å²) in [5.74, 6) is 0. The van der Waals surface area contributed by atoms with E-state index in [-0.39, 0.29) is 26.0 Å². The standard InChI is InChI=1S/C12H8ClN3O2S.C4H2Cl2N2/c13-12-11(15-6-7-16-12)10(8-14)19(17,18)9-4-2-1-3-5-9;5-3-4(6)8-2-1-7-3/h1-7,10H;1-2H. The van der Waals surface area contributed by atoms with E-state index in [1.165, 1.54) is 36.9 Å². The number of hydrogen-bond acceptors (Lipinski definition) is 7. The normalized spacial score (nSPS) is 11.6. The summed E-state index contributed by atoms with van der Waals surface area (Å²) >= 11 is 16.6. The summed E-state index contributed by atoms with van der Waals surface area (Å²) in [6.45, 7) is 0. The zero-order valence-electron chi connectivity index (χ0n) is 13.4. The Hall–Kier alpha value is -2.31. The molecular formula is C16H10Cl3N5O2S. The molecule has 7 nitrogen and oxygen atoms in total. The SMILES string of the molecule is Clc1nccnc1Cl.N#CC(c1nccnc1Cl)S(=O)(=O)c1ccccc1. The number of aromatic nitrogens is 4. The lowest BCUT2D eigenvalue weighted by Crippen LogP contribution is -2.14. The van der Waals surface area contributed by atoms with Crippen molar-refractivity contribution in [1.29, 1.82) is 5.26 Å². The van der Waals surface area contributed by atoms with Gasteiger partial charge >= 0.3 is 0 Å². The first-order valence-corrected chi connectivity index (χ1v) is 9.83. The maximum Gasteiger partial charge on any atom is 0.200 e. The highest BCUT2D eigenvalue weighted by molar-refractivity contribution is 7.92. The Kier molecular flexibility index (Phi) is 7.45. The Labute approximate surface area is 170 Å². The van der Waals surface area contributed by atoms with Gasteiger partial charge in [0, 0.05) is 24.8 Å². The lowest BCUT2D eigenvalue weighted by Gasteiger charge is -2.10. The molecule has 3 aromatic rings. The van der Waals surface area contributed by atoms with E-state index in [1.807, 2.05) is 0 Å². The van der Waals surface area contributed by atoms with Crippen molar-refractivity contribution in [1.82, 2.24) is 19.9 Å². The Morgan fingerprint density at radius 3 is 1.74 bits per heavy atom. The first-order valence-electron chi connectivity index (χ1n) is 7.15. The molecule has 1 aromatic carbocycles. The van der Waals surface area contributed by atoms with Crippen molar-refractivity contribution in [2.45, 2.75) is 10.1 Å². The summed E-state index contributed by atoms with van der Waals surface area (Å²) < 4.78 is 24.7. The average Bonchev–Trinajstić information content (AvgIpc) is 2.67. The molecule has 2 heterocycles. The lowest BCUT2D eigenvalue weighted by atomic mass is 10.3. The van der Waals surface area contributed by atoms with Gasteiger partial charge in [-0.2, -0.15) is 5.26 Å².